The molecule has 0 aliphatic carbocycles. The van der Waals surface area contributed by atoms with Gasteiger partial charge in [0.1, 0.15) is 5.60 Å². The summed E-state index contributed by atoms with van der Waals surface area (Å²) in [6.45, 7) is 14.6. The van der Waals surface area contributed by atoms with Crippen LogP contribution in [0.4, 0.5) is 4.79 Å². The van der Waals surface area contributed by atoms with E-state index in [-0.39, 0.29) is 18.2 Å². The Morgan fingerprint density at radius 1 is 1.45 bits per heavy atom. The molecule has 0 radical (unpaired) electrons. The van der Waals surface area contributed by atoms with Crippen LogP contribution in [0, 0.1) is 0 Å². The van der Waals surface area contributed by atoms with Crippen LogP contribution in [-0.2, 0) is 4.74 Å². The molecule has 1 aliphatic heterocycles. The second-order valence-corrected chi connectivity index (χ2v) is 5.95. The third-order valence-electron chi connectivity index (χ3n) is 3.13. The lowest BCUT2D eigenvalue weighted by molar-refractivity contribution is -0.00167. The average molecular weight is 288 g/mol. The summed E-state index contributed by atoms with van der Waals surface area (Å²) in [6.07, 6.45) is 0.105. The van der Waals surface area contributed by atoms with Gasteiger partial charge < -0.3 is 20.1 Å². The summed E-state index contributed by atoms with van der Waals surface area (Å²) >= 11 is 0. The Balaban J connectivity index is 0.00000172. The van der Waals surface area contributed by atoms with E-state index >= 15 is 0 Å². The molecule has 1 amide bonds. The van der Waals surface area contributed by atoms with Gasteiger partial charge in [0.2, 0.25) is 0 Å². The molecule has 0 aromatic rings. The fourth-order valence-electron chi connectivity index (χ4n) is 2.06. The van der Waals surface area contributed by atoms with E-state index in [0.29, 0.717) is 13.1 Å². The number of aliphatic hydroxyl groups excluding tert-OH is 1. The van der Waals surface area contributed by atoms with Gasteiger partial charge in [-0.1, -0.05) is 20.8 Å². The molecule has 0 saturated carbocycles. The van der Waals surface area contributed by atoms with Crippen LogP contribution in [0.1, 0.15) is 54.9 Å². The number of nitrogens with zero attached hydrogens (tertiary/aromatic N) is 1. The van der Waals surface area contributed by atoms with Gasteiger partial charge in [-0.05, 0) is 34.1 Å². The van der Waals surface area contributed by atoms with E-state index in [1.54, 1.807) is 11.8 Å². The molecule has 1 saturated heterocycles. The zero-order valence-electron chi connectivity index (χ0n) is 14.1. The zero-order valence-corrected chi connectivity index (χ0v) is 14.1. The van der Waals surface area contributed by atoms with Crippen LogP contribution in [-0.4, -0.2) is 53.0 Å². The molecule has 20 heavy (non-hydrogen) atoms. The third-order valence-corrected chi connectivity index (χ3v) is 3.13. The lowest BCUT2D eigenvalue weighted by atomic mass is 10.0. The Hall–Kier alpha value is -0.810. The molecule has 0 aromatic carbocycles. The van der Waals surface area contributed by atoms with Crippen LogP contribution in [0.25, 0.3) is 0 Å². The summed E-state index contributed by atoms with van der Waals surface area (Å²) in [5, 5.41) is 12.9. The molecule has 1 aliphatic rings. The first-order valence-electron chi connectivity index (χ1n) is 7.65. The molecule has 0 aromatic heterocycles. The first-order valence-corrected chi connectivity index (χ1v) is 7.65. The van der Waals surface area contributed by atoms with Crippen molar-refractivity contribution in [1.82, 2.24) is 10.2 Å². The van der Waals surface area contributed by atoms with E-state index in [1.807, 2.05) is 41.5 Å². The molecular weight excluding hydrogens is 256 g/mol. The van der Waals surface area contributed by atoms with Gasteiger partial charge in [0.25, 0.3) is 0 Å². The normalized spacial score (nSPS) is 24.5. The quantitative estimate of drug-likeness (QED) is 0.819. The molecule has 3 unspecified atom stereocenters. The predicted octanol–water partition coefficient (Wildman–Crippen LogP) is 2.38. The highest BCUT2D eigenvalue weighted by molar-refractivity contribution is 5.68. The van der Waals surface area contributed by atoms with E-state index in [9.17, 15) is 9.90 Å². The monoisotopic (exact) mass is 288 g/mol. The summed E-state index contributed by atoms with van der Waals surface area (Å²) in [5.41, 5.74) is -0.486. The molecule has 3 atom stereocenters. The average Bonchev–Trinajstić information content (AvgIpc) is 2.38. The lowest BCUT2D eigenvalue weighted by Gasteiger charge is -2.41. The van der Waals surface area contributed by atoms with Crippen LogP contribution in [0.3, 0.4) is 0 Å². The van der Waals surface area contributed by atoms with Gasteiger partial charge in [0, 0.05) is 19.1 Å². The van der Waals surface area contributed by atoms with Gasteiger partial charge in [0.05, 0.1) is 12.1 Å². The van der Waals surface area contributed by atoms with Crippen molar-refractivity contribution in [1.29, 1.82) is 0 Å². The molecule has 5 heteroatoms. The Labute approximate surface area is 123 Å². The highest BCUT2D eigenvalue weighted by Gasteiger charge is 2.34. The molecule has 120 valence electrons. The second-order valence-electron chi connectivity index (χ2n) is 5.95. The molecule has 2 N–H and O–H groups in total. The van der Waals surface area contributed by atoms with Crippen molar-refractivity contribution in [3.8, 4) is 0 Å². The summed E-state index contributed by atoms with van der Waals surface area (Å²) < 4.78 is 5.41. The number of piperazine rings is 1. The van der Waals surface area contributed by atoms with Crippen molar-refractivity contribution in [2.45, 2.75) is 78.7 Å². The number of ether oxygens (including phenoxy) is 1. The number of hydrogen-bond acceptors (Lipinski definition) is 4. The standard InChI is InChI=1S/C13H26N2O3.C2H6/c1-6-10-7-14-11(9(2)16)8-15(10)12(17)18-13(3,4)5;1-2/h9-11,14,16H,6-8H2,1-5H3;1-2H3. The molecular formula is C15H32N2O3. The van der Waals surface area contributed by atoms with Crippen molar-refractivity contribution < 1.29 is 14.6 Å². The SMILES string of the molecule is CC.CCC1CNC(C(C)O)CN1C(=O)OC(C)(C)C. The maximum absolute atomic E-state index is 12.1. The van der Waals surface area contributed by atoms with Crippen LogP contribution < -0.4 is 5.32 Å². The number of hydrogen-bond donors (Lipinski definition) is 2. The van der Waals surface area contributed by atoms with Crippen molar-refractivity contribution >= 4 is 6.09 Å². The fraction of sp³-hybridized carbons (Fsp3) is 0.933. The van der Waals surface area contributed by atoms with Crippen molar-refractivity contribution in [3.63, 3.8) is 0 Å². The summed E-state index contributed by atoms with van der Waals surface area (Å²) in [7, 11) is 0. The minimum absolute atomic E-state index is 0.0830. The molecule has 0 bridgehead atoms. The number of carbonyl (C=O) groups is 1. The smallest absolute Gasteiger partial charge is 0.410 e. The lowest BCUT2D eigenvalue weighted by Crippen LogP contribution is -2.61. The van der Waals surface area contributed by atoms with E-state index in [1.165, 1.54) is 0 Å². The highest BCUT2D eigenvalue weighted by atomic mass is 16.6. The second kappa shape index (κ2) is 8.47. The topological polar surface area (TPSA) is 61.8 Å². The number of carbonyl (C=O) groups excluding carboxylic acids is 1. The minimum Gasteiger partial charge on any atom is -0.444 e. The number of aliphatic hydroxyl groups is 1. The molecule has 1 fully saturated rings. The van der Waals surface area contributed by atoms with Gasteiger partial charge in [-0.15, -0.1) is 0 Å². The van der Waals surface area contributed by atoms with Crippen LogP contribution in [0.2, 0.25) is 0 Å². The number of nitrogens with one attached hydrogen (secondary N) is 1. The largest absolute Gasteiger partial charge is 0.444 e. The first-order chi connectivity index (χ1) is 9.24. The van der Waals surface area contributed by atoms with Gasteiger partial charge in [-0.3, -0.25) is 0 Å². The van der Waals surface area contributed by atoms with Crippen molar-refractivity contribution in [2.24, 2.45) is 0 Å². The summed E-state index contributed by atoms with van der Waals surface area (Å²) in [5.74, 6) is 0. The van der Waals surface area contributed by atoms with E-state index in [4.69, 9.17) is 4.74 Å². The van der Waals surface area contributed by atoms with Crippen LogP contribution in [0.5, 0.6) is 0 Å². The van der Waals surface area contributed by atoms with Crippen molar-refractivity contribution in [2.75, 3.05) is 13.1 Å². The predicted molar refractivity (Wildman–Crippen MR) is 81.8 cm³/mol. The summed E-state index contributed by atoms with van der Waals surface area (Å²) in [6, 6.07) is 0.0511. The van der Waals surface area contributed by atoms with Crippen LogP contribution in [0.15, 0.2) is 0 Å². The van der Waals surface area contributed by atoms with Gasteiger partial charge >= 0.3 is 6.09 Å². The maximum atomic E-state index is 12.1. The van der Waals surface area contributed by atoms with Gasteiger partial charge in [-0.2, -0.15) is 0 Å². The molecule has 5 nitrogen and oxygen atoms in total. The molecule has 1 heterocycles. The van der Waals surface area contributed by atoms with E-state index in [2.05, 4.69) is 5.32 Å². The Morgan fingerprint density at radius 3 is 2.40 bits per heavy atom. The van der Waals surface area contributed by atoms with Gasteiger partial charge in [-0.25, -0.2) is 4.79 Å². The van der Waals surface area contributed by atoms with Crippen molar-refractivity contribution in [3.05, 3.63) is 0 Å². The zero-order chi connectivity index (χ0) is 15.9. The van der Waals surface area contributed by atoms with E-state index < -0.39 is 11.7 Å². The minimum atomic E-state index is -0.486. The number of amides is 1. The number of rotatable bonds is 2. The highest BCUT2D eigenvalue weighted by Crippen LogP contribution is 2.17. The first kappa shape index (κ1) is 19.2. The molecule has 0 spiro atoms. The van der Waals surface area contributed by atoms with Gasteiger partial charge in [0.15, 0.2) is 0 Å². The fourth-order valence-corrected chi connectivity index (χ4v) is 2.06. The summed E-state index contributed by atoms with van der Waals surface area (Å²) in [4.78, 5) is 13.9. The molecule has 1 rings (SSSR count). The third kappa shape index (κ3) is 6.09. The van der Waals surface area contributed by atoms with Crippen LogP contribution >= 0.6 is 0 Å². The maximum Gasteiger partial charge on any atom is 0.410 e. The Kier molecular flexibility index (Phi) is 8.13. The Bertz CT molecular complexity index is 287. The Morgan fingerprint density at radius 2 is 2.00 bits per heavy atom. The van der Waals surface area contributed by atoms with E-state index in [0.717, 1.165) is 6.42 Å².